The number of ketones is 1. The molecule has 0 spiro atoms. The van der Waals surface area contributed by atoms with E-state index in [1.165, 1.54) is 43.8 Å². The second-order valence-corrected chi connectivity index (χ2v) is 7.74. The standard InChI is InChI=1S/C23H15Cl2FN2O4/c1-32-18-5-2-13(24)10-15(18)21(29)19-20(12-6-8-27-9-7-12)28(23(31)22(19)30)14-3-4-17(26)16(25)11-14/h2-11,20,29H,1H3/b21-19+. The first kappa shape index (κ1) is 21.8. The third-order valence-electron chi connectivity index (χ3n) is 5.06. The molecule has 2 heterocycles. The van der Waals surface area contributed by atoms with Crippen LogP contribution in [0.2, 0.25) is 10.0 Å². The number of hydrogen-bond acceptors (Lipinski definition) is 5. The molecule has 0 saturated carbocycles. The molecule has 1 aromatic heterocycles. The maximum atomic E-state index is 13.7. The van der Waals surface area contributed by atoms with E-state index < -0.39 is 29.3 Å². The number of pyridine rings is 1. The Morgan fingerprint density at radius 3 is 2.47 bits per heavy atom. The van der Waals surface area contributed by atoms with Crippen molar-refractivity contribution in [2.45, 2.75) is 6.04 Å². The summed E-state index contributed by atoms with van der Waals surface area (Å²) in [5.74, 6) is -2.70. The van der Waals surface area contributed by atoms with Crippen molar-refractivity contribution in [3.05, 3.63) is 93.5 Å². The Kier molecular flexibility index (Phi) is 5.86. The van der Waals surface area contributed by atoms with Gasteiger partial charge in [-0.1, -0.05) is 23.2 Å². The van der Waals surface area contributed by atoms with Crippen LogP contribution in [0.1, 0.15) is 17.2 Å². The molecule has 1 aliphatic heterocycles. The highest BCUT2D eigenvalue weighted by Crippen LogP contribution is 2.44. The number of benzene rings is 2. The Morgan fingerprint density at radius 1 is 1.09 bits per heavy atom. The molecule has 6 nitrogen and oxygen atoms in total. The first-order valence-corrected chi connectivity index (χ1v) is 10.1. The molecule has 9 heteroatoms. The van der Waals surface area contributed by atoms with E-state index in [-0.39, 0.29) is 27.6 Å². The summed E-state index contributed by atoms with van der Waals surface area (Å²) in [7, 11) is 1.40. The van der Waals surface area contributed by atoms with Crippen molar-refractivity contribution >= 4 is 46.3 Å². The van der Waals surface area contributed by atoms with E-state index in [1.807, 2.05) is 0 Å². The maximum absolute atomic E-state index is 13.7. The molecule has 1 amide bonds. The molecule has 0 bridgehead atoms. The van der Waals surface area contributed by atoms with Crippen LogP contribution in [0, 0.1) is 5.82 Å². The van der Waals surface area contributed by atoms with Gasteiger partial charge in [0.2, 0.25) is 0 Å². The van der Waals surface area contributed by atoms with E-state index in [4.69, 9.17) is 27.9 Å². The molecule has 32 heavy (non-hydrogen) atoms. The molecule has 0 aliphatic carbocycles. The number of carbonyl (C=O) groups excluding carboxylic acids is 2. The molecule has 2 aromatic carbocycles. The van der Waals surface area contributed by atoms with Crippen LogP contribution < -0.4 is 9.64 Å². The number of Topliss-reactive ketones (excluding diaryl/α,β-unsaturated/α-hetero) is 1. The number of aliphatic hydroxyl groups excluding tert-OH is 1. The van der Waals surface area contributed by atoms with Gasteiger partial charge in [0.05, 0.1) is 29.3 Å². The largest absolute Gasteiger partial charge is 0.507 e. The maximum Gasteiger partial charge on any atom is 0.300 e. The summed E-state index contributed by atoms with van der Waals surface area (Å²) in [6.45, 7) is 0. The van der Waals surface area contributed by atoms with Gasteiger partial charge in [0.1, 0.15) is 17.3 Å². The van der Waals surface area contributed by atoms with Crippen LogP contribution in [-0.4, -0.2) is 28.9 Å². The normalized spacial score (nSPS) is 17.6. The summed E-state index contributed by atoms with van der Waals surface area (Å²) in [6, 6.07) is 10.4. The predicted molar refractivity (Wildman–Crippen MR) is 118 cm³/mol. The minimum atomic E-state index is -1.02. The topological polar surface area (TPSA) is 79.7 Å². The second kappa shape index (κ2) is 8.61. The molecule has 1 fully saturated rings. The van der Waals surface area contributed by atoms with E-state index in [1.54, 1.807) is 18.2 Å². The zero-order valence-corrected chi connectivity index (χ0v) is 18.1. The van der Waals surface area contributed by atoms with Crippen molar-refractivity contribution in [3.63, 3.8) is 0 Å². The monoisotopic (exact) mass is 472 g/mol. The van der Waals surface area contributed by atoms with Gasteiger partial charge in [-0.25, -0.2) is 4.39 Å². The van der Waals surface area contributed by atoms with E-state index in [9.17, 15) is 19.1 Å². The lowest BCUT2D eigenvalue weighted by molar-refractivity contribution is -0.132. The lowest BCUT2D eigenvalue weighted by Crippen LogP contribution is -2.29. The molecule has 162 valence electrons. The smallest absolute Gasteiger partial charge is 0.300 e. The predicted octanol–water partition coefficient (Wildman–Crippen LogP) is 5.16. The molecule has 1 unspecified atom stereocenters. The number of amides is 1. The average Bonchev–Trinajstić information content (AvgIpc) is 3.06. The number of anilines is 1. The Morgan fingerprint density at radius 2 is 1.81 bits per heavy atom. The molecule has 0 radical (unpaired) electrons. The number of ether oxygens (including phenoxy) is 1. The summed E-state index contributed by atoms with van der Waals surface area (Å²) >= 11 is 12.0. The van der Waals surface area contributed by atoms with Gasteiger partial charge in [0, 0.05) is 23.1 Å². The number of aromatic nitrogens is 1. The SMILES string of the molecule is COc1ccc(Cl)cc1/C(O)=C1\C(=O)C(=O)N(c2ccc(F)c(Cl)c2)C1c1ccncc1. The number of aliphatic hydroxyl groups is 1. The number of halogens is 3. The molecule has 1 atom stereocenters. The van der Waals surface area contributed by atoms with E-state index in [0.717, 1.165) is 11.0 Å². The first-order valence-electron chi connectivity index (χ1n) is 9.33. The fourth-order valence-corrected chi connectivity index (χ4v) is 3.95. The highest BCUT2D eigenvalue weighted by molar-refractivity contribution is 6.52. The minimum Gasteiger partial charge on any atom is -0.507 e. The first-order chi connectivity index (χ1) is 15.3. The summed E-state index contributed by atoms with van der Waals surface area (Å²) < 4.78 is 19.0. The van der Waals surface area contributed by atoms with Crippen molar-refractivity contribution in [1.82, 2.24) is 4.98 Å². The molecule has 1 N–H and O–H groups in total. The van der Waals surface area contributed by atoms with Gasteiger partial charge >= 0.3 is 0 Å². The van der Waals surface area contributed by atoms with Crippen LogP contribution in [0.25, 0.3) is 5.76 Å². The highest BCUT2D eigenvalue weighted by atomic mass is 35.5. The number of methoxy groups -OCH3 is 1. The number of nitrogens with zero attached hydrogens (tertiary/aromatic N) is 2. The van der Waals surface area contributed by atoms with Crippen molar-refractivity contribution < 1.29 is 23.8 Å². The van der Waals surface area contributed by atoms with Gasteiger partial charge in [0.25, 0.3) is 11.7 Å². The quantitative estimate of drug-likeness (QED) is 0.322. The average molecular weight is 473 g/mol. The number of hydrogen-bond donors (Lipinski definition) is 1. The van der Waals surface area contributed by atoms with E-state index in [0.29, 0.717) is 10.6 Å². The molecule has 3 aromatic rings. The second-order valence-electron chi connectivity index (χ2n) is 6.89. The minimum absolute atomic E-state index is 0.147. The molecular weight excluding hydrogens is 458 g/mol. The van der Waals surface area contributed by atoms with Crippen molar-refractivity contribution in [2.75, 3.05) is 12.0 Å². The molecule has 1 saturated heterocycles. The van der Waals surface area contributed by atoms with Gasteiger partial charge in [-0.15, -0.1) is 0 Å². The van der Waals surface area contributed by atoms with Crippen molar-refractivity contribution in [2.24, 2.45) is 0 Å². The third-order valence-corrected chi connectivity index (χ3v) is 5.59. The highest BCUT2D eigenvalue weighted by Gasteiger charge is 2.47. The van der Waals surface area contributed by atoms with E-state index >= 15 is 0 Å². The Balaban J connectivity index is 1.98. The van der Waals surface area contributed by atoms with Crippen LogP contribution in [0.4, 0.5) is 10.1 Å². The van der Waals surface area contributed by atoms with Gasteiger partial charge in [-0.3, -0.25) is 19.5 Å². The Hall–Kier alpha value is -3.42. The zero-order chi connectivity index (χ0) is 23.0. The lowest BCUT2D eigenvalue weighted by Gasteiger charge is -2.25. The Bertz CT molecular complexity index is 1260. The molecular formula is C23H15Cl2FN2O4. The van der Waals surface area contributed by atoms with Gasteiger partial charge in [-0.2, -0.15) is 0 Å². The summed E-state index contributed by atoms with van der Waals surface area (Å²) in [5, 5.41) is 11.3. The Labute approximate surface area is 192 Å². The fourth-order valence-electron chi connectivity index (χ4n) is 3.61. The lowest BCUT2D eigenvalue weighted by atomic mass is 9.95. The van der Waals surface area contributed by atoms with Crippen LogP contribution >= 0.6 is 23.2 Å². The summed E-state index contributed by atoms with van der Waals surface area (Å²) in [5.41, 5.74) is 0.663. The van der Waals surface area contributed by atoms with Crippen LogP contribution in [-0.2, 0) is 9.59 Å². The van der Waals surface area contributed by atoms with Crippen LogP contribution in [0.3, 0.4) is 0 Å². The number of rotatable bonds is 4. The summed E-state index contributed by atoms with van der Waals surface area (Å²) in [4.78, 5) is 31.3. The van der Waals surface area contributed by atoms with Gasteiger partial charge < -0.3 is 9.84 Å². The molecule has 1 aliphatic rings. The summed E-state index contributed by atoms with van der Waals surface area (Å²) in [6.07, 6.45) is 2.99. The van der Waals surface area contributed by atoms with Crippen LogP contribution in [0.15, 0.2) is 66.5 Å². The van der Waals surface area contributed by atoms with Crippen molar-refractivity contribution in [3.8, 4) is 5.75 Å². The van der Waals surface area contributed by atoms with Gasteiger partial charge in [0.15, 0.2) is 0 Å². The van der Waals surface area contributed by atoms with Gasteiger partial charge in [-0.05, 0) is 54.1 Å². The fraction of sp³-hybridized carbons (Fsp3) is 0.0870. The van der Waals surface area contributed by atoms with Crippen molar-refractivity contribution in [1.29, 1.82) is 0 Å². The zero-order valence-electron chi connectivity index (χ0n) is 16.6. The van der Waals surface area contributed by atoms with Crippen LogP contribution in [0.5, 0.6) is 5.75 Å². The van der Waals surface area contributed by atoms with E-state index in [2.05, 4.69) is 4.98 Å². The third kappa shape index (κ3) is 3.70. The number of carbonyl (C=O) groups is 2. The molecule has 4 rings (SSSR count).